The van der Waals surface area contributed by atoms with Crippen LogP contribution in [0.25, 0.3) is 17.1 Å². The molecular weight excluding hydrogens is 500 g/mol. The van der Waals surface area contributed by atoms with Gasteiger partial charge in [0.2, 0.25) is 0 Å². The normalized spacial score (nSPS) is 11.6. The molecule has 0 aliphatic rings. The predicted molar refractivity (Wildman–Crippen MR) is 150 cm³/mol. The number of aryl methyl sites for hydroxylation is 1. The largest absolute Gasteiger partial charge is 0.278 e. The average Bonchev–Trinajstić information content (AvgIpc) is 3.31. The van der Waals surface area contributed by atoms with Crippen LogP contribution in [0.4, 0.5) is 5.69 Å². The molecule has 1 amide bonds. The van der Waals surface area contributed by atoms with Crippen LogP contribution >= 0.6 is 11.8 Å². The van der Waals surface area contributed by atoms with Crippen LogP contribution in [0.5, 0.6) is 0 Å². The zero-order valence-electron chi connectivity index (χ0n) is 21.6. The van der Waals surface area contributed by atoms with E-state index < -0.39 is 4.92 Å². The minimum absolute atomic E-state index is 0.0289. The smallest absolute Gasteiger partial charge is 0.272 e. The summed E-state index contributed by atoms with van der Waals surface area (Å²) in [5, 5.41) is 24.4. The Balaban J connectivity index is 1.54. The number of carbonyl (C=O) groups excluding carboxylic acids is 1. The second-order valence-electron chi connectivity index (χ2n) is 9.70. The molecular formula is C28H28N6O3S. The Labute approximate surface area is 225 Å². The maximum atomic E-state index is 12.5. The van der Waals surface area contributed by atoms with Gasteiger partial charge in [-0.3, -0.25) is 19.5 Å². The number of nitrogens with one attached hydrogen (secondary N) is 1. The molecule has 1 heterocycles. The maximum Gasteiger partial charge on any atom is 0.278 e. The monoisotopic (exact) mass is 528 g/mol. The number of thioether (sulfide) groups is 1. The molecule has 0 radical (unpaired) electrons. The zero-order valence-corrected chi connectivity index (χ0v) is 22.4. The summed E-state index contributed by atoms with van der Waals surface area (Å²) in [6.45, 7) is 8.53. The number of para-hydroxylation sites is 1. The molecule has 0 unspecified atom stereocenters. The van der Waals surface area contributed by atoms with Crippen LogP contribution < -0.4 is 5.43 Å². The van der Waals surface area contributed by atoms with Crippen molar-refractivity contribution in [1.82, 2.24) is 20.2 Å². The molecule has 4 aromatic rings. The number of rotatable bonds is 8. The van der Waals surface area contributed by atoms with E-state index in [2.05, 4.69) is 53.6 Å². The van der Waals surface area contributed by atoms with Crippen LogP contribution in [0.1, 0.15) is 37.5 Å². The lowest BCUT2D eigenvalue weighted by Gasteiger charge is -2.19. The van der Waals surface area contributed by atoms with Gasteiger partial charge in [0.05, 0.1) is 22.5 Å². The molecule has 10 heteroatoms. The summed E-state index contributed by atoms with van der Waals surface area (Å²) in [4.78, 5) is 23.1. The Hall–Kier alpha value is -4.31. The predicted octanol–water partition coefficient (Wildman–Crippen LogP) is 5.69. The number of hydrogen-bond acceptors (Lipinski definition) is 7. The number of amides is 1. The van der Waals surface area contributed by atoms with Crippen LogP contribution in [0.2, 0.25) is 0 Å². The molecule has 0 bridgehead atoms. The van der Waals surface area contributed by atoms with E-state index in [1.165, 1.54) is 29.6 Å². The van der Waals surface area contributed by atoms with Crippen LogP contribution in [0.15, 0.2) is 83.1 Å². The number of hydrazone groups is 1. The Bertz CT molecular complexity index is 1470. The summed E-state index contributed by atoms with van der Waals surface area (Å²) in [5.74, 6) is 0.326. The van der Waals surface area contributed by atoms with Crippen molar-refractivity contribution in [3.63, 3.8) is 0 Å². The molecule has 4 rings (SSSR count). The average molecular weight is 529 g/mol. The van der Waals surface area contributed by atoms with E-state index in [-0.39, 0.29) is 22.8 Å². The fourth-order valence-corrected chi connectivity index (χ4v) is 4.44. The summed E-state index contributed by atoms with van der Waals surface area (Å²) in [7, 11) is 0. The Morgan fingerprint density at radius 2 is 1.74 bits per heavy atom. The number of nitro benzene ring substituents is 1. The molecule has 0 fully saturated rings. The molecule has 1 N–H and O–H groups in total. The van der Waals surface area contributed by atoms with E-state index in [0.29, 0.717) is 16.5 Å². The second kappa shape index (κ2) is 11.4. The highest BCUT2D eigenvalue weighted by molar-refractivity contribution is 7.99. The summed E-state index contributed by atoms with van der Waals surface area (Å²) in [5.41, 5.74) is 6.81. The first-order chi connectivity index (χ1) is 18.1. The van der Waals surface area contributed by atoms with Gasteiger partial charge in [-0.15, -0.1) is 10.2 Å². The van der Waals surface area contributed by atoms with Crippen molar-refractivity contribution in [1.29, 1.82) is 0 Å². The fourth-order valence-electron chi connectivity index (χ4n) is 3.70. The van der Waals surface area contributed by atoms with Gasteiger partial charge in [-0.1, -0.05) is 86.6 Å². The molecule has 0 saturated heterocycles. The highest BCUT2D eigenvalue weighted by atomic mass is 32.2. The Morgan fingerprint density at radius 3 is 2.39 bits per heavy atom. The van der Waals surface area contributed by atoms with Crippen LogP contribution in [0.3, 0.4) is 0 Å². The van der Waals surface area contributed by atoms with Gasteiger partial charge in [-0.05, 0) is 36.1 Å². The molecule has 194 valence electrons. The molecule has 0 atom stereocenters. The topological polar surface area (TPSA) is 115 Å². The van der Waals surface area contributed by atoms with E-state index >= 15 is 0 Å². The molecule has 0 saturated carbocycles. The highest BCUT2D eigenvalue weighted by Crippen LogP contribution is 2.30. The first-order valence-electron chi connectivity index (χ1n) is 11.9. The van der Waals surface area contributed by atoms with Gasteiger partial charge in [0, 0.05) is 17.3 Å². The molecule has 9 nitrogen and oxygen atoms in total. The minimum Gasteiger partial charge on any atom is -0.272 e. The molecule has 3 aromatic carbocycles. The lowest BCUT2D eigenvalue weighted by molar-refractivity contribution is -0.385. The summed E-state index contributed by atoms with van der Waals surface area (Å²) < 4.78 is 1.93. The third-order valence-electron chi connectivity index (χ3n) is 5.79. The summed E-state index contributed by atoms with van der Waals surface area (Å²) >= 11 is 1.23. The molecule has 0 spiro atoms. The van der Waals surface area contributed by atoms with Gasteiger partial charge in [0.15, 0.2) is 11.0 Å². The molecule has 0 aliphatic heterocycles. The maximum absolute atomic E-state index is 12.5. The van der Waals surface area contributed by atoms with Crippen molar-refractivity contribution in [2.45, 2.75) is 38.3 Å². The lowest BCUT2D eigenvalue weighted by Crippen LogP contribution is -2.20. The van der Waals surface area contributed by atoms with Crippen molar-refractivity contribution in [2.75, 3.05) is 5.75 Å². The summed E-state index contributed by atoms with van der Waals surface area (Å²) in [6, 6.07) is 22.5. The summed E-state index contributed by atoms with van der Waals surface area (Å²) in [6.07, 6.45) is 1.26. The SMILES string of the molecule is Cc1ccc(-n2c(SCC(=O)N/N=C\c3ccccc3[N+](=O)[O-])nnc2-c2ccc(C(C)(C)C)cc2)cc1. The number of benzene rings is 3. The van der Waals surface area contributed by atoms with Crippen molar-refractivity contribution in [3.8, 4) is 17.1 Å². The van der Waals surface area contributed by atoms with Crippen molar-refractivity contribution in [2.24, 2.45) is 5.10 Å². The standard InChI is InChI=1S/C28H28N6O3S/c1-19-9-15-23(16-10-19)33-26(20-11-13-22(14-12-20)28(2,3)4)31-32-27(33)38-18-25(35)30-29-17-21-7-5-6-8-24(21)34(36)37/h5-17H,18H2,1-4H3,(H,30,35)/b29-17-. The first-order valence-corrected chi connectivity index (χ1v) is 12.9. The number of nitro groups is 1. The van der Waals surface area contributed by atoms with Gasteiger partial charge < -0.3 is 0 Å². The third kappa shape index (κ3) is 6.33. The van der Waals surface area contributed by atoms with Gasteiger partial charge in [-0.25, -0.2) is 5.43 Å². The van der Waals surface area contributed by atoms with Crippen molar-refractivity contribution >= 4 is 29.6 Å². The molecule has 1 aromatic heterocycles. The number of hydrogen-bond donors (Lipinski definition) is 1. The highest BCUT2D eigenvalue weighted by Gasteiger charge is 2.19. The van der Waals surface area contributed by atoms with E-state index in [1.807, 2.05) is 47.9 Å². The zero-order chi connectivity index (χ0) is 27.3. The number of aromatic nitrogens is 3. The molecule has 38 heavy (non-hydrogen) atoms. The fraction of sp³-hybridized carbons (Fsp3) is 0.214. The van der Waals surface area contributed by atoms with E-state index in [9.17, 15) is 14.9 Å². The van der Waals surface area contributed by atoms with Gasteiger partial charge in [-0.2, -0.15) is 5.10 Å². The van der Waals surface area contributed by atoms with E-state index in [1.54, 1.807) is 18.2 Å². The first kappa shape index (κ1) is 26.7. The number of carbonyl (C=O) groups is 1. The molecule has 0 aliphatic carbocycles. The third-order valence-corrected chi connectivity index (χ3v) is 6.72. The van der Waals surface area contributed by atoms with Crippen LogP contribution in [-0.4, -0.2) is 37.6 Å². The van der Waals surface area contributed by atoms with E-state index in [0.717, 1.165) is 16.8 Å². The Morgan fingerprint density at radius 1 is 1.05 bits per heavy atom. The van der Waals surface area contributed by atoms with Crippen LogP contribution in [-0.2, 0) is 10.2 Å². The minimum atomic E-state index is -0.495. The Kier molecular flexibility index (Phi) is 8.02. The quantitative estimate of drug-likeness (QED) is 0.136. The van der Waals surface area contributed by atoms with Crippen molar-refractivity contribution in [3.05, 3.63) is 99.6 Å². The second-order valence-corrected chi connectivity index (χ2v) is 10.6. The van der Waals surface area contributed by atoms with Gasteiger partial charge in [0.25, 0.3) is 11.6 Å². The van der Waals surface area contributed by atoms with Crippen LogP contribution in [0, 0.1) is 17.0 Å². The number of nitrogens with zero attached hydrogens (tertiary/aromatic N) is 5. The van der Waals surface area contributed by atoms with E-state index in [4.69, 9.17) is 0 Å². The lowest BCUT2D eigenvalue weighted by atomic mass is 9.87. The van der Waals surface area contributed by atoms with Gasteiger partial charge >= 0.3 is 0 Å². The van der Waals surface area contributed by atoms with Gasteiger partial charge in [0.1, 0.15) is 0 Å². The van der Waals surface area contributed by atoms with Crippen molar-refractivity contribution < 1.29 is 9.72 Å².